The van der Waals surface area contributed by atoms with E-state index in [4.69, 9.17) is 0 Å². The van der Waals surface area contributed by atoms with Crippen molar-refractivity contribution in [3.05, 3.63) is 77.9 Å². The van der Waals surface area contributed by atoms with Gasteiger partial charge in [-0.25, -0.2) is 0 Å². The van der Waals surface area contributed by atoms with E-state index in [1.54, 1.807) is 5.56 Å². The van der Waals surface area contributed by atoms with Gasteiger partial charge in [0.15, 0.2) is 0 Å². The molecule has 142 valence electrons. The van der Waals surface area contributed by atoms with Gasteiger partial charge in [-0.15, -0.1) is 0 Å². The van der Waals surface area contributed by atoms with Crippen LogP contribution in [-0.2, 0) is 0 Å². The summed E-state index contributed by atoms with van der Waals surface area (Å²) in [7, 11) is 0. The first-order valence-corrected chi connectivity index (χ1v) is 10.6. The van der Waals surface area contributed by atoms with Crippen LogP contribution in [0.2, 0.25) is 0 Å². The van der Waals surface area contributed by atoms with E-state index >= 15 is 0 Å². The highest BCUT2D eigenvalue weighted by Gasteiger charge is 2.28. The first-order valence-electron chi connectivity index (χ1n) is 10.6. The van der Waals surface area contributed by atoms with Gasteiger partial charge in [0.05, 0.1) is 0 Å². The maximum atomic E-state index is 2.76. The molecule has 0 atom stereocenters. The molecule has 2 aliphatic rings. The molecular weight excluding hydrogens is 328 g/mol. The van der Waals surface area contributed by atoms with Gasteiger partial charge in [0.25, 0.3) is 0 Å². The van der Waals surface area contributed by atoms with E-state index in [0.717, 1.165) is 18.5 Å². The molecule has 0 radical (unpaired) electrons. The van der Waals surface area contributed by atoms with Gasteiger partial charge >= 0.3 is 0 Å². The molecule has 2 heteroatoms. The Morgan fingerprint density at radius 1 is 0.741 bits per heavy atom. The van der Waals surface area contributed by atoms with Crippen molar-refractivity contribution >= 4 is 6.08 Å². The number of nitrogens with zero attached hydrogens (tertiary/aromatic N) is 2. The van der Waals surface area contributed by atoms with E-state index in [1.165, 1.54) is 57.4 Å². The highest BCUT2D eigenvalue weighted by molar-refractivity contribution is 5.48. The third-order valence-corrected chi connectivity index (χ3v) is 6.36. The van der Waals surface area contributed by atoms with Crippen LogP contribution in [0.5, 0.6) is 0 Å². The summed E-state index contributed by atoms with van der Waals surface area (Å²) in [6.07, 6.45) is 10.0. The average Bonchev–Trinajstić information content (AvgIpc) is 2.76. The molecule has 0 spiro atoms. The summed E-state index contributed by atoms with van der Waals surface area (Å²) in [5.74, 6) is 0.784. The van der Waals surface area contributed by atoms with E-state index in [1.807, 2.05) is 0 Å². The van der Waals surface area contributed by atoms with E-state index < -0.39 is 0 Å². The molecule has 1 aliphatic carbocycles. The van der Waals surface area contributed by atoms with Crippen LogP contribution in [0.15, 0.2) is 66.7 Å². The summed E-state index contributed by atoms with van der Waals surface area (Å²) >= 11 is 0. The summed E-state index contributed by atoms with van der Waals surface area (Å²) < 4.78 is 0. The van der Waals surface area contributed by atoms with Gasteiger partial charge in [-0.2, -0.15) is 0 Å². The molecule has 0 N–H and O–H groups in total. The Hall–Kier alpha value is -1.90. The fourth-order valence-corrected chi connectivity index (χ4v) is 4.71. The van der Waals surface area contributed by atoms with E-state index in [9.17, 15) is 0 Å². The molecule has 2 fully saturated rings. The Morgan fingerprint density at radius 3 is 2.04 bits per heavy atom. The molecule has 1 aliphatic heterocycles. The molecule has 2 aromatic rings. The first kappa shape index (κ1) is 18.5. The number of rotatable bonds is 5. The monoisotopic (exact) mass is 360 g/mol. The van der Waals surface area contributed by atoms with Gasteiger partial charge in [0, 0.05) is 38.8 Å². The minimum absolute atomic E-state index is 0.784. The second kappa shape index (κ2) is 9.34. The number of benzene rings is 2. The largest absolute Gasteiger partial charge is 0.298 e. The van der Waals surface area contributed by atoms with Crippen molar-refractivity contribution in [3.8, 4) is 0 Å². The lowest BCUT2D eigenvalue weighted by Gasteiger charge is -2.42. The molecule has 2 aromatic carbocycles. The van der Waals surface area contributed by atoms with E-state index in [0.29, 0.717) is 0 Å². The highest BCUT2D eigenvalue weighted by atomic mass is 15.3. The van der Waals surface area contributed by atoms with Gasteiger partial charge in [0.2, 0.25) is 0 Å². The quantitative estimate of drug-likeness (QED) is 0.737. The van der Waals surface area contributed by atoms with Crippen LogP contribution in [0.3, 0.4) is 0 Å². The van der Waals surface area contributed by atoms with Gasteiger partial charge in [-0.1, -0.05) is 72.8 Å². The first-order chi connectivity index (χ1) is 13.4. The van der Waals surface area contributed by atoms with Crippen molar-refractivity contribution < 1.29 is 0 Å². The predicted octanol–water partition coefficient (Wildman–Crippen LogP) is 5.04. The topological polar surface area (TPSA) is 6.48 Å². The Bertz CT molecular complexity index is 694. The van der Waals surface area contributed by atoms with Crippen LogP contribution < -0.4 is 0 Å². The molecule has 0 amide bonds. The van der Waals surface area contributed by atoms with Gasteiger partial charge in [-0.3, -0.25) is 9.80 Å². The normalized spacial score (nSPS) is 25.0. The maximum absolute atomic E-state index is 2.76. The standard InChI is InChI=1S/C25H32N2/c1-3-8-22(9-4-1)10-7-17-26-18-20-27(21-19-26)25-15-13-24(14-16-25)23-11-5-2-6-12-23/h1-12,24-25H,13-21H2/b10-7+. The third kappa shape index (κ3) is 5.09. The third-order valence-electron chi connectivity index (χ3n) is 6.36. The van der Waals surface area contributed by atoms with Crippen LogP contribution in [0.1, 0.15) is 42.7 Å². The zero-order valence-electron chi connectivity index (χ0n) is 16.3. The van der Waals surface area contributed by atoms with Crippen LogP contribution in [0.4, 0.5) is 0 Å². The summed E-state index contributed by atoms with van der Waals surface area (Å²) in [6.45, 7) is 5.96. The highest BCUT2D eigenvalue weighted by Crippen LogP contribution is 2.34. The van der Waals surface area contributed by atoms with Crippen LogP contribution >= 0.6 is 0 Å². The Labute approximate surface area is 164 Å². The summed E-state index contributed by atoms with van der Waals surface area (Å²) in [5.41, 5.74) is 2.84. The van der Waals surface area contributed by atoms with Crippen LogP contribution in [0.25, 0.3) is 6.08 Å². The van der Waals surface area contributed by atoms with Crippen molar-refractivity contribution in [2.75, 3.05) is 32.7 Å². The van der Waals surface area contributed by atoms with Crippen molar-refractivity contribution in [3.63, 3.8) is 0 Å². The Kier molecular flexibility index (Phi) is 6.39. The van der Waals surface area contributed by atoms with E-state index in [2.05, 4.69) is 82.6 Å². The summed E-state index contributed by atoms with van der Waals surface area (Å²) in [4.78, 5) is 5.35. The lowest BCUT2D eigenvalue weighted by molar-refractivity contribution is 0.0816. The number of hydrogen-bond donors (Lipinski definition) is 0. The minimum atomic E-state index is 0.784. The molecule has 0 bridgehead atoms. The molecule has 1 saturated carbocycles. The second-order valence-corrected chi connectivity index (χ2v) is 8.07. The predicted molar refractivity (Wildman–Crippen MR) is 115 cm³/mol. The smallest absolute Gasteiger partial charge is 0.0167 e. The average molecular weight is 361 g/mol. The number of hydrogen-bond acceptors (Lipinski definition) is 2. The molecule has 0 unspecified atom stereocenters. The van der Waals surface area contributed by atoms with Crippen molar-refractivity contribution in [2.45, 2.75) is 37.6 Å². The lowest BCUT2D eigenvalue weighted by Crippen LogP contribution is -2.50. The number of piperazine rings is 1. The van der Waals surface area contributed by atoms with Crippen LogP contribution in [-0.4, -0.2) is 48.6 Å². The molecule has 0 aromatic heterocycles. The molecular formula is C25H32N2. The van der Waals surface area contributed by atoms with Crippen LogP contribution in [0, 0.1) is 0 Å². The SMILES string of the molecule is C(=C\c1ccccc1)/CN1CCN(C2CCC(c3ccccc3)CC2)CC1. The zero-order valence-corrected chi connectivity index (χ0v) is 16.3. The molecule has 1 saturated heterocycles. The Balaban J connectivity index is 1.19. The van der Waals surface area contributed by atoms with E-state index in [-0.39, 0.29) is 0 Å². The molecule has 4 rings (SSSR count). The lowest BCUT2D eigenvalue weighted by atomic mass is 9.81. The fraction of sp³-hybridized carbons (Fsp3) is 0.440. The van der Waals surface area contributed by atoms with Crippen molar-refractivity contribution in [2.24, 2.45) is 0 Å². The maximum Gasteiger partial charge on any atom is 0.0167 e. The summed E-state index contributed by atoms with van der Waals surface area (Å²) in [5, 5.41) is 0. The van der Waals surface area contributed by atoms with Gasteiger partial charge in [-0.05, 0) is 42.7 Å². The van der Waals surface area contributed by atoms with Gasteiger partial charge < -0.3 is 0 Å². The minimum Gasteiger partial charge on any atom is -0.298 e. The van der Waals surface area contributed by atoms with Gasteiger partial charge in [0.1, 0.15) is 0 Å². The molecule has 2 nitrogen and oxygen atoms in total. The Morgan fingerprint density at radius 2 is 1.37 bits per heavy atom. The molecule has 27 heavy (non-hydrogen) atoms. The van der Waals surface area contributed by atoms with Crippen molar-refractivity contribution in [1.29, 1.82) is 0 Å². The fourth-order valence-electron chi connectivity index (χ4n) is 4.71. The van der Waals surface area contributed by atoms with Crippen molar-refractivity contribution in [1.82, 2.24) is 9.80 Å². The molecule has 1 heterocycles. The second-order valence-electron chi connectivity index (χ2n) is 8.07. The summed E-state index contributed by atoms with van der Waals surface area (Å²) in [6, 6.07) is 22.6. The zero-order chi connectivity index (χ0) is 18.3.